The van der Waals surface area contributed by atoms with E-state index in [1.54, 1.807) is 0 Å². The first-order chi connectivity index (χ1) is 12.3. The number of carbonyl (C=O) groups is 1. The van der Waals surface area contributed by atoms with Crippen LogP contribution >= 0.6 is 0 Å². The second kappa shape index (κ2) is 7.07. The van der Waals surface area contributed by atoms with E-state index in [0.717, 1.165) is 48.6 Å². The number of fused-ring (bicyclic) bond motifs is 1. The lowest BCUT2D eigenvalue weighted by Crippen LogP contribution is -2.39. The largest absolute Gasteiger partial charge is 0.440 e. The molecule has 1 unspecified atom stereocenters. The molecule has 1 saturated heterocycles. The molecular weight excluding hydrogens is 314 g/mol. The van der Waals surface area contributed by atoms with Crippen LogP contribution in [-0.4, -0.2) is 35.4 Å². The SMILES string of the molecule is O=C(CN1CCCC(c2nc3ccccc3o2)C1)Nc1ccccc1. The predicted octanol–water partition coefficient (Wildman–Crippen LogP) is 3.65. The van der Waals surface area contributed by atoms with Crippen LogP contribution in [0.2, 0.25) is 0 Å². The highest BCUT2D eigenvalue weighted by Gasteiger charge is 2.26. The molecule has 2 aromatic carbocycles. The van der Waals surface area contributed by atoms with E-state index in [-0.39, 0.29) is 11.8 Å². The van der Waals surface area contributed by atoms with E-state index in [2.05, 4.69) is 15.2 Å². The fourth-order valence-corrected chi connectivity index (χ4v) is 3.39. The first kappa shape index (κ1) is 15.8. The number of oxazole rings is 1. The minimum atomic E-state index is 0.0180. The summed E-state index contributed by atoms with van der Waals surface area (Å²) in [6.45, 7) is 2.12. The number of piperidine rings is 1. The summed E-state index contributed by atoms with van der Waals surface area (Å²) in [5.74, 6) is 1.05. The Morgan fingerprint density at radius 2 is 1.96 bits per heavy atom. The molecule has 1 atom stereocenters. The van der Waals surface area contributed by atoms with Crippen LogP contribution in [0.25, 0.3) is 11.1 Å². The molecule has 0 saturated carbocycles. The second-order valence-electron chi connectivity index (χ2n) is 6.51. The van der Waals surface area contributed by atoms with Crippen molar-refractivity contribution in [1.29, 1.82) is 0 Å². The maximum absolute atomic E-state index is 12.3. The summed E-state index contributed by atoms with van der Waals surface area (Å²) in [4.78, 5) is 19.1. The van der Waals surface area contributed by atoms with E-state index in [4.69, 9.17) is 4.42 Å². The van der Waals surface area contributed by atoms with Crippen molar-refractivity contribution in [3.8, 4) is 0 Å². The molecule has 25 heavy (non-hydrogen) atoms. The number of para-hydroxylation sites is 3. The van der Waals surface area contributed by atoms with Gasteiger partial charge in [-0.2, -0.15) is 0 Å². The molecule has 0 bridgehead atoms. The molecular formula is C20H21N3O2. The van der Waals surface area contributed by atoms with Crippen LogP contribution in [0, 0.1) is 0 Å². The highest BCUT2D eigenvalue weighted by Crippen LogP contribution is 2.28. The molecule has 0 radical (unpaired) electrons. The van der Waals surface area contributed by atoms with Gasteiger partial charge in [-0.1, -0.05) is 30.3 Å². The Hall–Kier alpha value is -2.66. The number of rotatable bonds is 4. The van der Waals surface area contributed by atoms with Crippen LogP contribution in [0.15, 0.2) is 59.0 Å². The fraction of sp³-hybridized carbons (Fsp3) is 0.300. The molecule has 128 valence electrons. The lowest BCUT2D eigenvalue weighted by molar-refractivity contribution is -0.117. The maximum Gasteiger partial charge on any atom is 0.238 e. The molecule has 1 amide bonds. The van der Waals surface area contributed by atoms with E-state index < -0.39 is 0 Å². The van der Waals surface area contributed by atoms with Crippen LogP contribution in [0.5, 0.6) is 0 Å². The Morgan fingerprint density at radius 3 is 2.80 bits per heavy atom. The van der Waals surface area contributed by atoms with Crippen molar-refractivity contribution in [1.82, 2.24) is 9.88 Å². The minimum Gasteiger partial charge on any atom is -0.440 e. The van der Waals surface area contributed by atoms with Gasteiger partial charge < -0.3 is 9.73 Å². The zero-order chi connectivity index (χ0) is 17.1. The van der Waals surface area contributed by atoms with E-state index in [9.17, 15) is 4.79 Å². The Balaban J connectivity index is 1.39. The normalized spacial score (nSPS) is 18.3. The van der Waals surface area contributed by atoms with Crippen LogP contribution in [0.1, 0.15) is 24.7 Å². The Morgan fingerprint density at radius 1 is 1.16 bits per heavy atom. The summed E-state index contributed by atoms with van der Waals surface area (Å²) in [6.07, 6.45) is 2.09. The Kier molecular flexibility index (Phi) is 4.48. The number of hydrogen-bond acceptors (Lipinski definition) is 4. The summed E-state index contributed by atoms with van der Waals surface area (Å²) in [6, 6.07) is 17.4. The first-order valence-corrected chi connectivity index (χ1v) is 8.71. The molecule has 3 aromatic rings. The van der Waals surface area contributed by atoms with Crippen LogP contribution in [0.4, 0.5) is 5.69 Å². The van der Waals surface area contributed by atoms with Gasteiger partial charge in [0.2, 0.25) is 5.91 Å². The molecule has 0 aliphatic carbocycles. The van der Waals surface area contributed by atoms with Crippen molar-refractivity contribution in [2.24, 2.45) is 0 Å². The topological polar surface area (TPSA) is 58.4 Å². The molecule has 2 heterocycles. The van der Waals surface area contributed by atoms with Crippen LogP contribution < -0.4 is 5.32 Å². The van der Waals surface area contributed by atoms with E-state index >= 15 is 0 Å². The molecule has 1 fully saturated rings. The second-order valence-corrected chi connectivity index (χ2v) is 6.51. The number of anilines is 1. The number of amides is 1. The standard InChI is InChI=1S/C20H21N3O2/c24-19(21-16-8-2-1-3-9-16)14-23-12-6-7-15(13-23)20-22-17-10-4-5-11-18(17)25-20/h1-5,8-11,15H,6-7,12-14H2,(H,21,24). The summed E-state index contributed by atoms with van der Waals surface area (Å²) >= 11 is 0. The van der Waals surface area contributed by atoms with Crippen molar-refractivity contribution in [2.75, 3.05) is 25.0 Å². The molecule has 5 nitrogen and oxygen atoms in total. The quantitative estimate of drug-likeness (QED) is 0.791. The molecule has 1 aromatic heterocycles. The van der Waals surface area contributed by atoms with Crippen molar-refractivity contribution in [3.63, 3.8) is 0 Å². The summed E-state index contributed by atoms with van der Waals surface area (Å²) < 4.78 is 5.92. The third-order valence-electron chi connectivity index (χ3n) is 4.59. The van der Waals surface area contributed by atoms with Gasteiger partial charge in [0, 0.05) is 18.2 Å². The minimum absolute atomic E-state index is 0.0180. The summed E-state index contributed by atoms with van der Waals surface area (Å²) in [7, 11) is 0. The summed E-state index contributed by atoms with van der Waals surface area (Å²) in [5.41, 5.74) is 2.56. The molecule has 1 aliphatic heterocycles. The third-order valence-corrected chi connectivity index (χ3v) is 4.59. The molecule has 5 heteroatoms. The van der Waals surface area contributed by atoms with Gasteiger partial charge in [0.1, 0.15) is 5.52 Å². The monoisotopic (exact) mass is 335 g/mol. The van der Waals surface area contributed by atoms with E-state index in [1.807, 2.05) is 54.6 Å². The van der Waals surface area contributed by atoms with Gasteiger partial charge in [-0.3, -0.25) is 9.69 Å². The Labute approximate surface area is 146 Å². The lowest BCUT2D eigenvalue weighted by atomic mass is 9.98. The molecule has 0 spiro atoms. The number of hydrogen-bond donors (Lipinski definition) is 1. The van der Waals surface area contributed by atoms with E-state index in [0.29, 0.717) is 6.54 Å². The third kappa shape index (κ3) is 3.72. The van der Waals surface area contributed by atoms with Crippen LogP contribution in [0.3, 0.4) is 0 Å². The van der Waals surface area contributed by atoms with Crippen molar-refractivity contribution < 1.29 is 9.21 Å². The highest BCUT2D eigenvalue weighted by atomic mass is 16.3. The van der Waals surface area contributed by atoms with Gasteiger partial charge in [-0.05, 0) is 43.7 Å². The smallest absolute Gasteiger partial charge is 0.238 e. The van der Waals surface area contributed by atoms with Gasteiger partial charge in [-0.25, -0.2) is 4.98 Å². The van der Waals surface area contributed by atoms with Gasteiger partial charge >= 0.3 is 0 Å². The average Bonchev–Trinajstić information content (AvgIpc) is 3.07. The first-order valence-electron chi connectivity index (χ1n) is 8.71. The fourth-order valence-electron chi connectivity index (χ4n) is 3.39. The number of likely N-dealkylation sites (tertiary alicyclic amines) is 1. The van der Waals surface area contributed by atoms with Gasteiger partial charge in [0.15, 0.2) is 11.5 Å². The highest BCUT2D eigenvalue weighted by molar-refractivity contribution is 5.92. The van der Waals surface area contributed by atoms with Gasteiger partial charge in [0.25, 0.3) is 0 Å². The van der Waals surface area contributed by atoms with E-state index in [1.165, 1.54) is 0 Å². The van der Waals surface area contributed by atoms with Crippen LogP contribution in [-0.2, 0) is 4.79 Å². The number of benzene rings is 2. The zero-order valence-electron chi connectivity index (χ0n) is 14.0. The average molecular weight is 335 g/mol. The summed E-state index contributed by atoms with van der Waals surface area (Å²) in [5, 5.41) is 2.95. The zero-order valence-corrected chi connectivity index (χ0v) is 14.0. The molecule has 1 N–H and O–H groups in total. The maximum atomic E-state index is 12.3. The molecule has 1 aliphatic rings. The number of aromatic nitrogens is 1. The van der Waals surface area contributed by atoms with Crippen molar-refractivity contribution >= 4 is 22.7 Å². The lowest BCUT2D eigenvalue weighted by Gasteiger charge is -2.30. The number of nitrogens with zero attached hydrogens (tertiary/aromatic N) is 2. The van der Waals surface area contributed by atoms with Gasteiger partial charge in [0.05, 0.1) is 6.54 Å². The number of nitrogens with one attached hydrogen (secondary N) is 1. The van der Waals surface area contributed by atoms with Crippen molar-refractivity contribution in [2.45, 2.75) is 18.8 Å². The Bertz CT molecular complexity index is 827. The van der Waals surface area contributed by atoms with Gasteiger partial charge in [-0.15, -0.1) is 0 Å². The predicted molar refractivity (Wildman–Crippen MR) is 97.5 cm³/mol. The number of carbonyl (C=O) groups excluding carboxylic acids is 1. The molecule has 4 rings (SSSR count). The van der Waals surface area contributed by atoms with Crippen molar-refractivity contribution in [3.05, 3.63) is 60.5 Å².